The first kappa shape index (κ1) is 15.2. The first-order chi connectivity index (χ1) is 9.01. The van der Waals surface area contributed by atoms with Gasteiger partial charge in [-0.25, -0.2) is 0 Å². The van der Waals surface area contributed by atoms with Gasteiger partial charge in [0.15, 0.2) is 11.4 Å². The average Bonchev–Trinajstić information content (AvgIpc) is 2.85. The fourth-order valence-corrected chi connectivity index (χ4v) is 2.05. The van der Waals surface area contributed by atoms with Crippen LogP contribution in [0.15, 0.2) is 4.52 Å². The maximum Gasteiger partial charge on any atom is 0.418 e. The van der Waals surface area contributed by atoms with Crippen LogP contribution in [0, 0.1) is 0 Å². The Balaban J connectivity index is 2.01. The molecule has 1 saturated heterocycles. The van der Waals surface area contributed by atoms with Crippen molar-refractivity contribution in [3.63, 3.8) is 0 Å². The van der Waals surface area contributed by atoms with Crippen molar-refractivity contribution in [2.75, 3.05) is 13.1 Å². The quantitative estimate of drug-likeness (QED) is 0.902. The molecule has 0 saturated carbocycles. The Morgan fingerprint density at radius 3 is 2.45 bits per heavy atom. The number of hydrogen-bond acceptors (Lipinski definition) is 5. The van der Waals surface area contributed by atoms with Gasteiger partial charge in [-0.3, -0.25) is 4.90 Å². The summed E-state index contributed by atoms with van der Waals surface area (Å²) in [5.41, 5.74) is -2.92. The van der Waals surface area contributed by atoms with Gasteiger partial charge >= 0.3 is 6.18 Å². The summed E-state index contributed by atoms with van der Waals surface area (Å²) in [7, 11) is 0. The van der Waals surface area contributed by atoms with E-state index >= 15 is 0 Å². The molecule has 1 atom stereocenters. The summed E-state index contributed by atoms with van der Waals surface area (Å²) in [5.74, 6) is 0.777. The van der Waals surface area contributed by atoms with Crippen molar-refractivity contribution in [2.24, 2.45) is 0 Å². The van der Waals surface area contributed by atoms with Crippen LogP contribution < -0.4 is 0 Å². The molecule has 5 nitrogen and oxygen atoms in total. The third kappa shape index (κ3) is 2.95. The van der Waals surface area contributed by atoms with Gasteiger partial charge in [-0.1, -0.05) is 25.9 Å². The molecule has 8 heteroatoms. The molecule has 0 aliphatic carbocycles. The molecule has 20 heavy (non-hydrogen) atoms. The number of rotatable bonds is 2. The lowest BCUT2D eigenvalue weighted by Gasteiger charge is -2.25. The van der Waals surface area contributed by atoms with Crippen LogP contribution >= 0.6 is 0 Å². The molecule has 0 amide bonds. The predicted octanol–water partition coefficient (Wildman–Crippen LogP) is 1.87. The highest BCUT2D eigenvalue weighted by Crippen LogP contribution is 2.37. The van der Waals surface area contributed by atoms with E-state index in [1.165, 1.54) is 4.90 Å². The van der Waals surface area contributed by atoms with Gasteiger partial charge in [-0.15, -0.1) is 0 Å². The van der Waals surface area contributed by atoms with Crippen LogP contribution in [0.2, 0.25) is 0 Å². The van der Waals surface area contributed by atoms with E-state index < -0.39 is 18.3 Å². The Bertz CT molecular complexity index is 481. The van der Waals surface area contributed by atoms with Gasteiger partial charge in [0.25, 0.3) is 0 Å². The number of likely N-dealkylation sites (tertiary alicyclic amines) is 1. The summed E-state index contributed by atoms with van der Waals surface area (Å²) in [6, 6.07) is 0. The topological polar surface area (TPSA) is 62.4 Å². The molecule has 114 valence electrons. The van der Waals surface area contributed by atoms with Crippen LogP contribution in [0.5, 0.6) is 0 Å². The van der Waals surface area contributed by atoms with E-state index in [2.05, 4.69) is 10.1 Å². The highest BCUT2D eigenvalue weighted by atomic mass is 19.4. The Morgan fingerprint density at radius 2 is 2.00 bits per heavy atom. The fourth-order valence-electron chi connectivity index (χ4n) is 2.05. The second-order valence-corrected chi connectivity index (χ2v) is 6.25. The normalized spacial score (nSPS) is 25.4. The van der Waals surface area contributed by atoms with Crippen LogP contribution in [0.4, 0.5) is 13.2 Å². The minimum atomic E-state index is -4.62. The van der Waals surface area contributed by atoms with Gasteiger partial charge in [-0.2, -0.15) is 18.2 Å². The second kappa shape index (κ2) is 4.70. The van der Waals surface area contributed by atoms with Crippen LogP contribution in [0.1, 0.15) is 38.9 Å². The smallest absolute Gasteiger partial charge is 0.379 e. The number of hydrogen-bond donors (Lipinski definition) is 1. The van der Waals surface area contributed by atoms with Crippen LogP contribution in [0.3, 0.4) is 0 Å². The maximum absolute atomic E-state index is 12.7. The van der Waals surface area contributed by atoms with Crippen molar-refractivity contribution in [3.05, 3.63) is 11.7 Å². The molecule has 1 aromatic rings. The SMILES string of the molecule is CC(C)(C)c1noc(CN2CCC(O)(C(F)(F)F)C2)n1. The highest BCUT2D eigenvalue weighted by Gasteiger charge is 2.57. The van der Waals surface area contributed by atoms with E-state index in [0.29, 0.717) is 5.82 Å². The molecule has 0 radical (unpaired) electrons. The van der Waals surface area contributed by atoms with E-state index in [0.717, 1.165) is 0 Å². The van der Waals surface area contributed by atoms with Gasteiger partial charge < -0.3 is 9.63 Å². The molecular formula is C12H18F3N3O2. The van der Waals surface area contributed by atoms with Crippen molar-refractivity contribution in [2.45, 2.75) is 50.9 Å². The summed E-state index contributed by atoms with van der Waals surface area (Å²) in [4.78, 5) is 5.64. The minimum absolute atomic E-state index is 0.113. The molecule has 1 N–H and O–H groups in total. The van der Waals surface area contributed by atoms with Crippen molar-refractivity contribution in [1.29, 1.82) is 0 Å². The van der Waals surface area contributed by atoms with E-state index in [1.807, 2.05) is 20.8 Å². The Morgan fingerprint density at radius 1 is 1.35 bits per heavy atom. The maximum atomic E-state index is 12.7. The van der Waals surface area contributed by atoms with Crippen LogP contribution in [-0.2, 0) is 12.0 Å². The zero-order chi connectivity index (χ0) is 15.2. The molecule has 2 rings (SSSR count). The predicted molar refractivity (Wildman–Crippen MR) is 63.9 cm³/mol. The van der Waals surface area contributed by atoms with Gasteiger partial charge in [0.2, 0.25) is 5.89 Å². The Labute approximate surface area is 114 Å². The Kier molecular flexibility index (Phi) is 3.58. The fraction of sp³-hybridized carbons (Fsp3) is 0.833. The van der Waals surface area contributed by atoms with Gasteiger partial charge in [0.05, 0.1) is 6.54 Å². The summed E-state index contributed by atoms with van der Waals surface area (Å²) in [6.45, 7) is 5.54. The number of β-amino-alcohol motifs (C(OH)–C–C–N with tert-alkyl or cyclic N) is 1. The van der Waals surface area contributed by atoms with Gasteiger partial charge in [0.1, 0.15) is 0 Å². The lowest BCUT2D eigenvalue weighted by atomic mass is 9.96. The zero-order valence-electron chi connectivity index (χ0n) is 11.7. The van der Waals surface area contributed by atoms with Crippen LogP contribution in [0.25, 0.3) is 0 Å². The van der Waals surface area contributed by atoms with E-state index in [9.17, 15) is 18.3 Å². The molecule has 0 spiro atoms. The average molecular weight is 293 g/mol. The summed E-state index contributed by atoms with van der Waals surface area (Å²) < 4.78 is 43.1. The lowest BCUT2D eigenvalue weighted by molar-refractivity contribution is -0.254. The molecule has 1 aliphatic rings. The molecule has 2 heterocycles. The van der Waals surface area contributed by atoms with Crippen molar-refractivity contribution in [3.8, 4) is 0 Å². The largest absolute Gasteiger partial charge is 0.418 e. The molecule has 1 aromatic heterocycles. The van der Waals surface area contributed by atoms with Crippen LogP contribution in [-0.4, -0.2) is 45.0 Å². The van der Waals surface area contributed by atoms with Crippen molar-refractivity contribution >= 4 is 0 Å². The highest BCUT2D eigenvalue weighted by molar-refractivity contribution is 5.01. The number of alkyl halides is 3. The molecule has 1 aliphatic heterocycles. The van der Waals surface area contributed by atoms with Gasteiger partial charge in [-0.05, 0) is 6.42 Å². The molecule has 0 bridgehead atoms. The molecule has 1 fully saturated rings. The van der Waals surface area contributed by atoms with Gasteiger partial charge in [0, 0.05) is 18.5 Å². The summed E-state index contributed by atoms with van der Waals surface area (Å²) >= 11 is 0. The third-order valence-electron chi connectivity index (χ3n) is 3.35. The Hall–Kier alpha value is -1.15. The number of halogens is 3. The number of nitrogens with zero attached hydrogens (tertiary/aromatic N) is 3. The van der Waals surface area contributed by atoms with E-state index in [-0.39, 0.29) is 30.8 Å². The standard InChI is InChI=1S/C12H18F3N3O2/c1-10(2,3)9-16-8(20-17-9)6-18-5-4-11(19,7-18)12(13,14)15/h19H,4-7H2,1-3H3. The first-order valence-electron chi connectivity index (χ1n) is 6.36. The first-order valence-corrected chi connectivity index (χ1v) is 6.36. The summed E-state index contributed by atoms with van der Waals surface area (Å²) in [6.07, 6.45) is -4.95. The minimum Gasteiger partial charge on any atom is -0.379 e. The molecule has 0 aromatic carbocycles. The third-order valence-corrected chi connectivity index (χ3v) is 3.35. The van der Waals surface area contributed by atoms with E-state index in [4.69, 9.17) is 4.52 Å². The van der Waals surface area contributed by atoms with Crippen molar-refractivity contribution in [1.82, 2.24) is 15.0 Å². The molecular weight excluding hydrogens is 275 g/mol. The molecule has 1 unspecified atom stereocenters. The second-order valence-electron chi connectivity index (χ2n) is 6.25. The van der Waals surface area contributed by atoms with E-state index in [1.54, 1.807) is 0 Å². The lowest BCUT2D eigenvalue weighted by Crippen LogP contribution is -2.47. The monoisotopic (exact) mass is 293 g/mol. The number of aliphatic hydroxyl groups is 1. The van der Waals surface area contributed by atoms with Crippen molar-refractivity contribution < 1.29 is 22.8 Å². The summed E-state index contributed by atoms with van der Waals surface area (Å²) in [5, 5.41) is 13.4. The zero-order valence-corrected chi connectivity index (χ0v) is 11.7. The number of aromatic nitrogens is 2.